The van der Waals surface area contributed by atoms with E-state index in [9.17, 15) is 4.79 Å². The zero-order valence-corrected chi connectivity index (χ0v) is 13.7. The van der Waals surface area contributed by atoms with Crippen LogP contribution in [0.1, 0.15) is 75.2 Å². The molecule has 1 aliphatic rings. The third-order valence-corrected chi connectivity index (χ3v) is 4.29. The van der Waals surface area contributed by atoms with Gasteiger partial charge in [0.25, 0.3) is 5.91 Å². The lowest BCUT2D eigenvalue weighted by Crippen LogP contribution is -2.34. The summed E-state index contributed by atoms with van der Waals surface area (Å²) in [4.78, 5) is 16.6. The normalized spacial score (nSPS) is 16.0. The highest BCUT2D eigenvalue weighted by Crippen LogP contribution is 2.18. The van der Waals surface area contributed by atoms with Crippen molar-refractivity contribution in [1.29, 1.82) is 0 Å². The van der Waals surface area contributed by atoms with Gasteiger partial charge in [-0.05, 0) is 31.4 Å². The summed E-state index contributed by atoms with van der Waals surface area (Å²) in [6.07, 6.45) is 12.5. The molecule has 0 aromatic carbocycles. The standard InChI is InChI=1S/C18H29N3O/c1-2-3-8-12-19-16-11-13-20-17(14-16)18(22)21-15-9-6-4-5-7-10-15/h11,13-15H,2-10,12H2,1H3,(H,19,20)(H,21,22). The largest absolute Gasteiger partial charge is 0.385 e. The van der Waals surface area contributed by atoms with E-state index in [0.29, 0.717) is 11.7 Å². The van der Waals surface area contributed by atoms with Gasteiger partial charge < -0.3 is 10.6 Å². The summed E-state index contributed by atoms with van der Waals surface area (Å²) < 4.78 is 0. The number of carbonyl (C=O) groups excluding carboxylic acids is 1. The van der Waals surface area contributed by atoms with Crippen LogP contribution in [0.4, 0.5) is 5.69 Å². The van der Waals surface area contributed by atoms with E-state index in [4.69, 9.17) is 0 Å². The van der Waals surface area contributed by atoms with Crippen LogP contribution in [0.15, 0.2) is 18.3 Å². The van der Waals surface area contributed by atoms with E-state index in [1.165, 1.54) is 38.5 Å². The number of pyridine rings is 1. The van der Waals surface area contributed by atoms with Crippen molar-refractivity contribution in [1.82, 2.24) is 10.3 Å². The van der Waals surface area contributed by atoms with Gasteiger partial charge in [0, 0.05) is 24.5 Å². The number of unbranched alkanes of at least 4 members (excludes halogenated alkanes) is 2. The third-order valence-electron chi connectivity index (χ3n) is 4.29. The lowest BCUT2D eigenvalue weighted by atomic mass is 10.1. The maximum absolute atomic E-state index is 12.4. The van der Waals surface area contributed by atoms with E-state index in [-0.39, 0.29) is 5.91 Å². The van der Waals surface area contributed by atoms with Crippen LogP contribution in [0.5, 0.6) is 0 Å². The average molecular weight is 303 g/mol. The monoisotopic (exact) mass is 303 g/mol. The van der Waals surface area contributed by atoms with E-state index in [2.05, 4.69) is 22.5 Å². The molecule has 4 nitrogen and oxygen atoms in total. The van der Waals surface area contributed by atoms with Crippen molar-refractivity contribution in [2.24, 2.45) is 0 Å². The van der Waals surface area contributed by atoms with Crippen LogP contribution < -0.4 is 10.6 Å². The highest BCUT2D eigenvalue weighted by molar-refractivity contribution is 5.93. The number of hydrogen-bond donors (Lipinski definition) is 2. The molecule has 1 aliphatic carbocycles. The van der Waals surface area contributed by atoms with Gasteiger partial charge in [0.2, 0.25) is 0 Å². The minimum Gasteiger partial charge on any atom is -0.385 e. The fourth-order valence-corrected chi connectivity index (χ4v) is 2.96. The highest BCUT2D eigenvalue weighted by atomic mass is 16.1. The summed E-state index contributed by atoms with van der Waals surface area (Å²) in [5.74, 6) is -0.0379. The summed E-state index contributed by atoms with van der Waals surface area (Å²) in [6.45, 7) is 3.14. The van der Waals surface area contributed by atoms with Crippen LogP contribution in [0.2, 0.25) is 0 Å². The predicted molar refractivity (Wildman–Crippen MR) is 91.2 cm³/mol. The Bertz CT molecular complexity index is 453. The molecule has 4 heteroatoms. The van der Waals surface area contributed by atoms with E-state index >= 15 is 0 Å². The summed E-state index contributed by atoms with van der Waals surface area (Å²) in [5, 5.41) is 6.52. The zero-order valence-electron chi connectivity index (χ0n) is 13.7. The Labute approximate surface area is 134 Å². The number of aromatic nitrogens is 1. The molecule has 1 amide bonds. The number of nitrogens with one attached hydrogen (secondary N) is 2. The number of rotatable bonds is 7. The molecule has 0 atom stereocenters. The van der Waals surface area contributed by atoms with Crippen molar-refractivity contribution in [3.05, 3.63) is 24.0 Å². The SMILES string of the molecule is CCCCCNc1ccnc(C(=O)NC2CCCCCC2)c1. The van der Waals surface area contributed by atoms with Gasteiger partial charge in [0.05, 0.1) is 0 Å². The summed E-state index contributed by atoms with van der Waals surface area (Å²) >= 11 is 0. The molecule has 1 saturated carbocycles. The molecular formula is C18H29N3O. The van der Waals surface area contributed by atoms with Gasteiger partial charge in [0.15, 0.2) is 0 Å². The number of nitrogens with zero attached hydrogens (tertiary/aromatic N) is 1. The Morgan fingerprint density at radius 2 is 2.00 bits per heavy atom. The van der Waals surface area contributed by atoms with Gasteiger partial charge in [-0.25, -0.2) is 0 Å². The molecule has 0 bridgehead atoms. The lowest BCUT2D eigenvalue weighted by Gasteiger charge is -2.16. The van der Waals surface area contributed by atoms with Crippen molar-refractivity contribution >= 4 is 11.6 Å². The average Bonchev–Trinajstić information content (AvgIpc) is 2.80. The van der Waals surface area contributed by atoms with Gasteiger partial charge in [0.1, 0.15) is 5.69 Å². The van der Waals surface area contributed by atoms with Crippen molar-refractivity contribution in [2.75, 3.05) is 11.9 Å². The number of amides is 1. The topological polar surface area (TPSA) is 54.0 Å². The summed E-state index contributed by atoms with van der Waals surface area (Å²) in [7, 11) is 0. The molecule has 0 unspecified atom stereocenters. The first-order valence-electron chi connectivity index (χ1n) is 8.80. The Hall–Kier alpha value is -1.58. The van der Waals surface area contributed by atoms with Crippen molar-refractivity contribution in [3.63, 3.8) is 0 Å². The molecule has 0 aliphatic heterocycles. The fourth-order valence-electron chi connectivity index (χ4n) is 2.96. The predicted octanol–water partition coefficient (Wildman–Crippen LogP) is 4.14. The second-order valence-electron chi connectivity index (χ2n) is 6.23. The molecular weight excluding hydrogens is 274 g/mol. The van der Waals surface area contributed by atoms with Gasteiger partial charge in [-0.3, -0.25) is 9.78 Å². The van der Waals surface area contributed by atoms with Crippen LogP contribution in [-0.4, -0.2) is 23.5 Å². The first-order chi connectivity index (χ1) is 10.8. The van der Waals surface area contributed by atoms with Crippen LogP contribution in [0, 0.1) is 0 Å². The highest BCUT2D eigenvalue weighted by Gasteiger charge is 2.16. The van der Waals surface area contributed by atoms with E-state index in [0.717, 1.165) is 31.5 Å². The maximum Gasteiger partial charge on any atom is 0.270 e. The number of anilines is 1. The lowest BCUT2D eigenvalue weighted by molar-refractivity contribution is 0.0928. The van der Waals surface area contributed by atoms with Gasteiger partial charge >= 0.3 is 0 Å². The Kier molecular flexibility index (Phi) is 7.20. The molecule has 1 fully saturated rings. The van der Waals surface area contributed by atoms with Crippen LogP contribution in [0.25, 0.3) is 0 Å². The van der Waals surface area contributed by atoms with Crippen molar-refractivity contribution in [3.8, 4) is 0 Å². The molecule has 0 radical (unpaired) electrons. The minimum absolute atomic E-state index is 0.0379. The molecule has 122 valence electrons. The molecule has 2 rings (SSSR count). The molecule has 2 N–H and O–H groups in total. The fraction of sp³-hybridized carbons (Fsp3) is 0.667. The van der Waals surface area contributed by atoms with Crippen LogP contribution in [-0.2, 0) is 0 Å². The summed E-state index contributed by atoms with van der Waals surface area (Å²) in [6, 6.07) is 4.10. The second kappa shape index (κ2) is 9.44. The summed E-state index contributed by atoms with van der Waals surface area (Å²) in [5.41, 5.74) is 1.50. The van der Waals surface area contributed by atoms with Gasteiger partial charge in [-0.2, -0.15) is 0 Å². The number of hydrogen-bond acceptors (Lipinski definition) is 3. The molecule has 1 aromatic heterocycles. The Morgan fingerprint density at radius 3 is 2.73 bits per heavy atom. The zero-order chi connectivity index (χ0) is 15.6. The molecule has 1 aromatic rings. The quantitative estimate of drug-likeness (QED) is 0.588. The van der Waals surface area contributed by atoms with E-state index < -0.39 is 0 Å². The third kappa shape index (κ3) is 5.66. The molecule has 1 heterocycles. The van der Waals surface area contributed by atoms with Gasteiger partial charge in [-0.15, -0.1) is 0 Å². The minimum atomic E-state index is -0.0379. The number of carbonyl (C=O) groups is 1. The first-order valence-corrected chi connectivity index (χ1v) is 8.80. The smallest absolute Gasteiger partial charge is 0.270 e. The van der Waals surface area contributed by atoms with Crippen LogP contribution >= 0.6 is 0 Å². The van der Waals surface area contributed by atoms with E-state index in [1.807, 2.05) is 12.1 Å². The Balaban J connectivity index is 1.86. The van der Waals surface area contributed by atoms with Crippen molar-refractivity contribution in [2.45, 2.75) is 70.8 Å². The Morgan fingerprint density at radius 1 is 1.23 bits per heavy atom. The van der Waals surface area contributed by atoms with Crippen molar-refractivity contribution < 1.29 is 4.79 Å². The molecule has 22 heavy (non-hydrogen) atoms. The first kappa shape index (κ1) is 16.8. The van der Waals surface area contributed by atoms with Gasteiger partial charge in [-0.1, -0.05) is 45.4 Å². The van der Waals surface area contributed by atoms with E-state index in [1.54, 1.807) is 6.20 Å². The van der Waals surface area contributed by atoms with Crippen LogP contribution in [0.3, 0.4) is 0 Å². The second-order valence-corrected chi connectivity index (χ2v) is 6.23. The molecule has 0 spiro atoms. The maximum atomic E-state index is 12.4. The molecule has 0 saturated heterocycles.